The van der Waals surface area contributed by atoms with Crippen LogP contribution in [0.4, 0.5) is 0 Å². The zero-order valence-corrected chi connectivity index (χ0v) is 15.6. The third kappa shape index (κ3) is 2.53. The van der Waals surface area contributed by atoms with Gasteiger partial charge in [-0.15, -0.1) is 0 Å². The molecule has 6 aliphatic rings. The molecule has 27 heavy (non-hydrogen) atoms. The van der Waals surface area contributed by atoms with Crippen molar-refractivity contribution in [3.8, 4) is 6.07 Å². The Balaban J connectivity index is 1.41. The van der Waals surface area contributed by atoms with Crippen molar-refractivity contribution in [3.05, 3.63) is 0 Å². The number of hydrogen-bond donors (Lipinski definition) is 2. The molecule has 5 saturated carbocycles. The quantitative estimate of drug-likeness (QED) is 0.699. The first kappa shape index (κ1) is 17.4. The van der Waals surface area contributed by atoms with Gasteiger partial charge in [0, 0.05) is 6.04 Å². The fraction of sp³-hybridized carbons (Fsp3) is 0.850. The van der Waals surface area contributed by atoms with E-state index < -0.39 is 11.6 Å². The summed E-state index contributed by atoms with van der Waals surface area (Å²) in [5, 5.41) is 9.45. The molecular formula is C20H28N4O3. The highest BCUT2D eigenvalue weighted by molar-refractivity contribution is 5.84. The van der Waals surface area contributed by atoms with E-state index in [0.717, 1.165) is 44.9 Å². The first-order chi connectivity index (χ1) is 12.9. The van der Waals surface area contributed by atoms with Crippen LogP contribution in [0.3, 0.4) is 0 Å². The topological polar surface area (TPSA) is 122 Å². The molecule has 0 radical (unpaired) electrons. The van der Waals surface area contributed by atoms with E-state index in [9.17, 15) is 14.9 Å². The smallest absolute Gasteiger partial charge is 0.320 e. The summed E-state index contributed by atoms with van der Waals surface area (Å²) in [7, 11) is 0. The summed E-state index contributed by atoms with van der Waals surface area (Å²) in [6.45, 7) is -0.115. The zero-order valence-electron chi connectivity index (χ0n) is 15.6. The molecule has 0 spiro atoms. The van der Waals surface area contributed by atoms with Crippen molar-refractivity contribution >= 4 is 11.9 Å². The largest absolute Gasteiger partial charge is 0.458 e. The first-order valence-corrected chi connectivity index (χ1v) is 10.3. The molecule has 7 heteroatoms. The molecule has 1 amide bonds. The average Bonchev–Trinajstić information content (AvgIpc) is 3.28. The molecule has 1 saturated heterocycles. The minimum Gasteiger partial charge on any atom is -0.458 e. The van der Waals surface area contributed by atoms with Gasteiger partial charge in [-0.3, -0.25) is 9.59 Å². The molecule has 6 rings (SSSR count). The van der Waals surface area contributed by atoms with Gasteiger partial charge in [-0.25, -0.2) is 0 Å². The number of rotatable bonds is 4. The van der Waals surface area contributed by atoms with Gasteiger partial charge in [0.25, 0.3) is 0 Å². The third-order valence-corrected chi connectivity index (χ3v) is 7.98. The monoisotopic (exact) mass is 372 g/mol. The summed E-state index contributed by atoms with van der Waals surface area (Å²) in [6.07, 6.45) is 7.18. The zero-order chi connectivity index (χ0) is 19.0. The fourth-order valence-electron chi connectivity index (χ4n) is 7.33. The highest BCUT2D eigenvalue weighted by atomic mass is 16.6. The van der Waals surface area contributed by atoms with Crippen LogP contribution in [-0.4, -0.2) is 47.0 Å². The van der Waals surface area contributed by atoms with E-state index in [4.69, 9.17) is 16.2 Å². The van der Waals surface area contributed by atoms with Gasteiger partial charge in [0.05, 0.1) is 18.7 Å². The van der Waals surface area contributed by atoms with Crippen molar-refractivity contribution in [3.63, 3.8) is 0 Å². The van der Waals surface area contributed by atoms with Gasteiger partial charge < -0.3 is 21.1 Å². The molecule has 0 aromatic heterocycles. The second-order valence-corrected chi connectivity index (χ2v) is 9.85. The van der Waals surface area contributed by atoms with Gasteiger partial charge in [0.15, 0.2) is 0 Å². The van der Waals surface area contributed by atoms with Gasteiger partial charge in [-0.1, -0.05) is 0 Å². The lowest BCUT2D eigenvalue weighted by Crippen LogP contribution is -2.65. The van der Waals surface area contributed by atoms with Crippen LogP contribution in [0.1, 0.15) is 51.4 Å². The number of nitriles is 1. The molecule has 7 nitrogen and oxygen atoms in total. The number of nitrogens with zero attached hydrogens (tertiary/aromatic N) is 2. The Kier molecular flexibility index (Phi) is 3.67. The van der Waals surface area contributed by atoms with Crippen molar-refractivity contribution in [1.29, 1.82) is 5.26 Å². The Hall–Kier alpha value is -1.65. The average molecular weight is 372 g/mol. The summed E-state index contributed by atoms with van der Waals surface area (Å²) < 4.78 is 5.86. The third-order valence-electron chi connectivity index (χ3n) is 7.98. The van der Waals surface area contributed by atoms with Gasteiger partial charge in [-0.2, -0.15) is 5.26 Å². The molecule has 0 aromatic carbocycles. The Bertz CT molecular complexity index is 717. The lowest BCUT2D eigenvalue weighted by Gasteiger charge is -2.62. The van der Waals surface area contributed by atoms with E-state index in [1.54, 1.807) is 4.90 Å². The SMILES string of the molecule is N#C[C@@H]1CC2CC2N1C(=O)[C@@H](N)C12CC3C[C@H](CC(OC(=O)CN)(C3)C1)C2. The van der Waals surface area contributed by atoms with E-state index in [0.29, 0.717) is 24.2 Å². The van der Waals surface area contributed by atoms with Crippen molar-refractivity contribution in [2.75, 3.05) is 6.54 Å². The lowest BCUT2D eigenvalue weighted by atomic mass is 9.46. The summed E-state index contributed by atoms with van der Waals surface area (Å²) in [6, 6.07) is 1.56. The number of carbonyl (C=O) groups excluding carboxylic acids is 2. The Morgan fingerprint density at radius 2 is 1.89 bits per heavy atom. The van der Waals surface area contributed by atoms with E-state index in [1.807, 2.05) is 0 Å². The molecule has 5 aliphatic carbocycles. The van der Waals surface area contributed by atoms with Gasteiger partial charge in [0.2, 0.25) is 5.91 Å². The van der Waals surface area contributed by atoms with Crippen LogP contribution in [-0.2, 0) is 14.3 Å². The molecule has 5 unspecified atom stereocenters. The minimum atomic E-state index is -0.616. The number of nitrogens with two attached hydrogens (primary N) is 2. The molecule has 1 heterocycles. The predicted molar refractivity (Wildman–Crippen MR) is 95.7 cm³/mol. The van der Waals surface area contributed by atoms with Crippen LogP contribution in [0, 0.1) is 34.5 Å². The van der Waals surface area contributed by atoms with Crippen LogP contribution in [0.2, 0.25) is 0 Å². The lowest BCUT2D eigenvalue weighted by molar-refractivity contribution is -0.204. The number of fused-ring (bicyclic) bond motifs is 1. The molecule has 6 fully saturated rings. The molecule has 1 aliphatic heterocycles. The summed E-state index contributed by atoms with van der Waals surface area (Å²) in [5.74, 6) is 0.967. The Labute approximate surface area is 159 Å². The van der Waals surface area contributed by atoms with E-state index in [1.165, 1.54) is 0 Å². The highest BCUT2D eigenvalue weighted by Gasteiger charge is 2.64. The van der Waals surface area contributed by atoms with Gasteiger partial charge >= 0.3 is 5.97 Å². The van der Waals surface area contributed by atoms with Crippen LogP contribution < -0.4 is 11.5 Å². The van der Waals surface area contributed by atoms with Crippen LogP contribution >= 0.6 is 0 Å². The second kappa shape index (κ2) is 5.68. The minimum absolute atomic E-state index is 0.0613. The van der Waals surface area contributed by atoms with Gasteiger partial charge in [-0.05, 0) is 74.5 Å². The number of esters is 1. The van der Waals surface area contributed by atoms with Crippen LogP contribution in [0.25, 0.3) is 0 Å². The Morgan fingerprint density at radius 3 is 2.52 bits per heavy atom. The maximum atomic E-state index is 13.4. The number of ether oxygens (including phenoxy) is 1. The van der Waals surface area contributed by atoms with Crippen molar-refractivity contribution < 1.29 is 14.3 Å². The normalized spacial score (nSPS) is 47.3. The molecule has 4 N–H and O–H groups in total. The number of hydrogen-bond acceptors (Lipinski definition) is 6. The molecule has 8 atom stereocenters. The molecule has 146 valence electrons. The molecular weight excluding hydrogens is 344 g/mol. The number of piperidine rings is 1. The molecule has 4 bridgehead atoms. The maximum absolute atomic E-state index is 13.4. The number of likely N-dealkylation sites (tertiary alicyclic amines) is 1. The number of carbonyl (C=O) groups is 2. The molecule has 0 aromatic rings. The fourth-order valence-corrected chi connectivity index (χ4v) is 7.33. The van der Waals surface area contributed by atoms with E-state index in [-0.39, 0.29) is 35.9 Å². The van der Waals surface area contributed by atoms with Crippen LogP contribution in [0.15, 0.2) is 0 Å². The number of amides is 1. The summed E-state index contributed by atoms with van der Waals surface area (Å²) in [5.41, 5.74) is 11.3. The summed E-state index contributed by atoms with van der Waals surface area (Å²) in [4.78, 5) is 27.1. The Morgan fingerprint density at radius 1 is 1.19 bits per heavy atom. The van der Waals surface area contributed by atoms with Crippen LogP contribution in [0.5, 0.6) is 0 Å². The second-order valence-electron chi connectivity index (χ2n) is 9.85. The van der Waals surface area contributed by atoms with Gasteiger partial charge in [0.1, 0.15) is 11.6 Å². The standard InChI is InChI=1S/C20H28N4O3/c21-8-14-2-13-3-15(13)24(14)18(26)17(23)19-4-11-1-12(5-19)7-20(6-11,10-19)27-16(25)9-22/h11-15,17H,1-7,9-10,22-23H2/t11-,12?,13?,14-,15?,17+,19?,20?/m0/s1. The summed E-state index contributed by atoms with van der Waals surface area (Å²) >= 11 is 0. The van der Waals surface area contributed by atoms with E-state index >= 15 is 0 Å². The first-order valence-electron chi connectivity index (χ1n) is 10.3. The highest BCUT2D eigenvalue weighted by Crippen LogP contribution is 2.64. The predicted octanol–water partition coefficient (Wildman–Crippen LogP) is 0.668. The van der Waals surface area contributed by atoms with Crippen molar-refractivity contribution in [2.45, 2.75) is 75.1 Å². The maximum Gasteiger partial charge on any atom is 0.320 e. The van der Waals surface area contributed by atoms with Crippen molar-refractivity contribution in [2.24, 2.45) is 34.6 Å². The van der Waals surface area contributed by atoms with Crippen molar-refractivity contribution in [1.82, 2.24) is 4.90 Å². The van der Waals surface area contributed by atoms with E-state index in [2.05, 4.69) is 6.07 Å².